The summed E-state index contributed by atoms with van der Waals surface area (Å²) >= 11 is 1.40. The number of rotatable bonds is 3. The number of fused-ring (bicyclic) bond motifs is 1. The molecule has 0 unspecified atom stereocenters. The smallest absolute Gasteiger partial charge is 0.395 e. The number of nitro groups is 1. The van der Waals surface area contributed by atoms with Crippen LogP contribution in [0.1, 0.15) is 39.9 Å². The Hall–Kier alpha value is -2.66. The molecule has 23 heavy (non-hydrogen) atoms. The number of carbonyl (C=O) groups is 1. The van der Waals surface area contributed by atoms with Gasteiger partial charge < -0.3 is 9.73 Å². The van der Waals surface area contributed by atoms with E-state index >= 15 is 0 Å². The molecule has 0 aliphatic heterocycles. The summed E-state index contributed by atoms with van der Waals surface area (Å²) in [5.41, 5.74) is 1.50. The van der Waals surface area contributed by atoms with E-state index in [1.165, 1.54) is 17.4 Å². The Morgan fingerprint density at radius 2 is 2.35 bits per heavy atom. The van der Waals surface area contributed by atoms with E-state index in [-0.39, 0.29) is 5.76 Å². The second-order valence-electron chi connectivity index (χ2n) is 5.52. The van der Waals surface area contributed by atoms with E-state index in [0.29, 0.717) is 16.5 Å². The van der Waals surface area contributed by atoms with E-state index in [2.05, 4.69) is 18.3 Å². The largest absolute Gasteiger partial charge is 0.433 e. The Kier molecular flexibility index (Phi) is 3.88. The van der Waals surface area contributed by atoms with Crippen LogP contribution in [0.3, 0.4) is 0 Å². The number of carbonyl (C=O) groups excluding carboxylic acids is 1. The average molecular weight is 331 g/mol. The Morgan fingerprint density at radius 3 is 3.00 bits per heavy atom. The molecule has 1 N–H and O–H groups in total. The molecule has 118 valence electrons. The van der Waals surface area contributed by atoms with Crippen molar-refractivity contribution in [2.75, 3.05) is 5.32 Å². The second-order valence-corrected chi connectivity index (χ2v) is 6.62. The summed E-state index contributed by atoms with van der Waals surface area (Å²) in [6, 6.07) is 4.53. The lowest BCUT2D eigenvalue weighted by Crippen LogP contribution is -2.11. The van der Waals surface area contributed by atoms with Gasteiger partial charge in [-0.1, -0.05) is 6.92 Å². The number of hydrogen-bond acceptors (Lipinski definition) is 6. The van der Waals surface area contributed by atoms with Crippen molar-refractivity contribution in [2.45, 2.75) is 26.2 Å². The first-order valence-corrected chi connectivity index (χ1v) is 7.91. The summed E-state index contributed by atoms with van der Waals surface area (Å²) < 4.78 is 4.88. The lowest BCUT2D eigenvalue weighted by Gasteiger charge is -2.17. The van der Waals surface area contributed by atoms with Gasteiger partial charge in [0.2, 0.25) is 0 Å². The van der Waals surface area contributed by atoms with Gasteiger partial charge in [-0.3, -0.25) is 14.9 Å². The molecule has 1 aliphatic rings. The molecule has 8 heteroatoms. The van der Waals surface area contributed by atoms with Crippen molar-refractivity contribution in [3.05, 3.63) is 44.0 Å². The van der Waals surface area contributed by atoms with Gasteiger partial charge in [0.1, 0.15) is 16.0 Å². The first-order chi connectivity index (χ1) is 11.0. The third-order valence-electron chi connectivity index (χ3n) is 3.85. The maximum atomic E-state index is 12.2. The van der Waals surface area contributed by atoms with Gasteiger partial charge in [-0.2, -0.15) is 5.26 Å². The predicted octanol–water partition coefficient (Wildman–Crippen LogP) is 3.50. The van der Waals surface area contributed by atoms with Crippen LogP contribution in [0.15, 0.2) is 16.5 Å². The van der Waals surface area contributed by atoms with Crippen molar-refractivity contribution in [2.24, 2.45) is 5.92 Å². The van der Waals surface area contributed by atoms with Crippen LogP contribution in [0.2, 0.25) is 0 Å². The maximum absolute atomic E-state index is 12.2. The number of furan rings is 1. The van der Waals surface area contributed by atoms with E-state index in [4.69, 9.17) is 4.42 Å². The number of nitriles is 1. The van der Waals surface area contributed by atoms with Crippen molar-refractivity contribution >= 4 is 28.1 Å². The third-order valence-corrected chi connectivity index (χ3v) is 5.02. The summed E-state index contributed by atoms with van der Waals surface area (Å²) in [5.74, 6) is -0.680. The highest BCUT2D eigenvalue weighted by Gasteiger charge is 2.26. The molecule has 2 heterocycles. The Balaban J connectivity index is 1.86. The molecule has 7 nitrogen and oxygen atoms in total. The minimum absolute atomic E-state index is 0.152. The van der Waals surface area contributed by atoms with Crippen LogP contribution in [0.25, 0.3) is 0 Å². The molecule has 0 bridgehead atoms. The quantitative estimate of drug-likeness (QED) is 0.684. The molecule has 2 aromatic rings. The van der Waals surface area contributed by atoms with Crippen molar-refractivity contribution in [3.8, 4) is 6.07 Å². The number of amides is 1. The van der Waals surface area contributed by atoms with Gasteiger partial charge in [0.05, 0.1) is 11.6 Å². The van der Waals surface area contributed by atoms with Crippen molar-refractivity contribution in [1.29, 1.82) is 5.26 Å². The summed E-state index contributed by atoms with van der Waals surface area (Å²) in [6.45, 7) is 2.16. The van der Waals surface area contributed by atoms with Crippen LogP contribution < -0.4 is 5.32 Å². The monoisotopic (exact) mass is 331 g/mol. The number of nitrogens with one attached hydrogen (secondary N) is 1. The van der Waals surface area contributed by atoms with E-state index in [9.17, 15) is 20.2 Å². The molecule has 3 rings (SSSR count). The first kappa shape index (κ1) is 15.2. The zero-order chi connectivity index (χ0) is 16.6. The molecular formula is C15H13N3O4S. The summed E-state index contributed by atoms with van der Waals surface area (Å²) in [6.07, 6.45) is 2.75. The molecule has 0 saturated carbocycles. The van der Waals surface area contributed by atoms with E-state index in [1.807, 2.05) is 0 Å². The number of nitrogens with zero attached hydrogens (tertiary/aromatic N) is 2. The summed E-state index contributed by atoms with van der Waals surface area (Å²) in [4.78, 5) is 23.2. The second kappa shape index (κ2) is 5.85. The third kappa shape index (κ3) is 2.83. The zero-order valence-electron chi connectivity index (χ0n) is 12.3. The normalized spacial score (nSPS) is 16.4. The van der Waals surface area contributed by atoms with Crippen molar-refractivity contribution in [3.63, 3.8) is 0 Å². The van der Waals surface area contributed by atoms with E-state index in [0.717, 1.165) is 35.8 Å². The minimum Gasteiger partial charge on any atom is -0.395 e. The first-order valence-electron chi connectivity index (χ1n) is 7.09. The van der Waals surface area contributed by atoms with Crippen LogP contribution in [-0.2, 0) is 12.8 Å². The lowest BCUT2D eigenvalue weighted by atomic mass is 9.89. The summed E-state index contributed by atoms with van der Waals surface area (Å²) in [5, 5.41) is 23.1. The van der Waals surface area contributed by atoms with Crippen LogP contribution in [0, 0.1) is 27.4 Å². The van der Waals surface area contributed by atoms with Gasteiger partial charge in [0.15, 0.2) is 5.76 Å². The van der Waals surface area contributed by atoms with Gasteiger partial charge >= 0.3 is 5.88 Å². The molecule has 1 atom stereocenters. The van der Waals surface area contributed by atoms with E-state index in [1.54, 1.807) is 0 Å². The standard InChI is InChI=1S/C15H13N3O4S/c1-8-2-3-9-10(7-16)15(23-12(9)6-8)17-14(19)11-4-5-13(22-11)18(20)21/h4-5,8H,2-3,6H2,1H3,(H,17,19)/t8-/m0/s1. The molecule has 0 spiro atoms. The zero-order valence-corrected chi connectivity index (χ0v) is 13.1. The highest BCUT2D eigenvalue weighted by molar-refractivity contribution is 7.16. The predicted molar refractivity (Wildman–Crippen MR) is 83.5 cm³/mol. The average Bonchev–Trinajstić information content (AvgIpc) is 3.10. The van der Waals surface area contributed by atoms with Crippen LogP contribution >= 0.6 is 11.3 Å². The van der Waals surface area contributed by atoms with Crippen molar-refractivity contribution in [1.82, 2.24) is 0 Å². The molecule has 1 amide bonds. The fraction of sp³-hybridized carbons (Fsp3) is 0.333. The molecule has 2 aromatic heterocycles. The fourth-order valence-corrected chi connectivity index (χ4v) is 4.03. The topological polar surface area (TPSA) is 109 Å². The molecule has 0 aromatic carbocycles. The highest BCUT2D eigenvalue weighted by Crippen LogP contribution is 2.39. The Morgan fingerprint density at radius 1 is 1.57 bits per heavy atom. The van der Waals surface area contributed by atoms with Gasteiger partial charge in [0, 0.05) is 4.88 Å². The number of hydrogen-bond donors (Lipinski definition) is 1. The Labute approximate surface area is 135 Å². The molecule has 0 radical (unpaired) electrons. The van der Waals surface area contributed by atoms with E-state index < -0.39 is 16.7 Å². The van der Waals surface area contributed by atoms with Gasteiger partial charge in [-0.05, 0) is 36.8 Å². The number of thiophene rings is 1. The molecule has 0 fully saturated rings. The Bertz CT molecular complexity index is 830. The highest BCUT2D eigenvalue weighted by atomic mass is 32.1. The van der Waals surface area contributed by atoms with Crippen molar-refractivity contribution < 1.29 is 14.1 Å². The van der Waals surface area contributed by atoms with Crippen LogP contribution in [0.5, 0.6) is 0 Å². The number of anilines is 1. The summed E-state index contributed by atoms with van der Waals surface area (Å²) in [7, 11) is 0. The molecule has 1 aliphatic carbocycles. The molecule has 0 saturated heterocycles. The van der Waals surface area contributed by atoms with Crippen LogP contribution in [0.4, 0.5) is 10.9 Å². The fourth-order valence-electron chi connectivity index (χ4n) is 2.67. The minimum atomic E-state index is -0.706. The SMILES string of the molecule is C[C@H]1CCc2c(sc(NC(=O)c3ccc([N+](=O)[O-])o3)c2C#N)C1. The van der Waals surface area contributed by atoms with Gasteiger partial charge in [-0.25, -0.2) is 0 Å². The van der Waals surface area contributed by atoms with Gasteiger partial charge in [-0.15, -0.1) is 11.3 Å². The molecular weight excluding hydrogens is 318 g/mol. The van der Waals surface area contributed by atoms with Crippen LogP contribution in [-0.4, -0.2) is 10.8 Å². The maximum Gasteiger partial charge on any atom is 0.433 e. The van der Waals surface area contributed by atoms with Gasteiger partial charge in [0.25, 0.3) is 5.91 Å². The lowest BCUT2D eigenvalue weighted by molar-refractivity contribution is -0.402.